The topological polar surface area (TPSA) is 17.8 Å². The molecule has 0 saturated carbocycles. The van der Waals surface area contributed by atoms with Crippen molar-refractivity contribution in [2.75, 3.05) is 0 Å². The molecular formula is C17H28F3IN2. The number of nitrogens with zero attached hydrogens (tertiary/aromatic N) is 2. The highest BCUT2D eigenvalue weighted by atomic mass is 127. The van der Waals surface area contributed by atoms with Crippen LogP contribution in [0.3, 0.4) is 0 Å². The molecule has 1 rings (SSSR count). The monoisotopic (exact) mass is 444 g/mol. The van der Waals surface area contributed by atoms with Crippen LogP contribution >= 0.6 is 22.6 Å². The molecule has 2 nitrogen and oxygen atoms in total. The van der Waals surface area contributed by atoms with Gasteiger partial charge in [-0.3, -0.25) is 0 Å². The Morgan fingerprint density at radius 2 is 1.61 bits per heavy atom. The maximum absolute atomic E-state index is 14.0. The smallest absolute Gasteiger partial charge is 0.250 e. The van der Waals surface area contributed by atoms with Crippen molar-refractivity contribution in [3.8, 4) is 0 Å². The van der Waals surface area contributed by atoms with Gasteiger partial charge in [0.05, 0.1) is 5.54 Å². The van der Waals surface area contributed by atoms with Gasteiger partial charge in [-0.1, -0.05) is 58.8 Å². The molecule has 0 radical (unpaired) electrons. The van der Waals surface area contributed by atoms with Gasteiger partial charge in [0.2, 0.25) is 0 Å². The number of halogens is 4. The van der Waals surface area contributed by atoms with Crippen LogP contribution in [0.25, 0.3) is 0 Å². The van der Waals surface area contributed by atoms with Gasteiger partial charge in [-0.25, -0.2) is 17.9 Å². The van der Waals surface area contributed by atoms with E-state index in [1.54, 1.807) is 22.6 Å². The Morgan fingerprint density at radius 1 is 1.04 bits per heavy atom. The van der Waals surface area contributed by atoms with E-state index in [0.717, 1.165) is 38.5 Å². The number of unbranched alkanes of at least 4 members (excludes halogenated alkanes) is 5. The number of rotatable bonds is 11. The molecule has 134 valence electrons. The van der Waals surface area contributed by atoms with E-state index in [0.29, 0.717) is 0 Å². The van der Waals surface area contributed by atoms with Gasteiger partial charge in [0, 0.05) is 0 Å². The van der Waals surface area contributed by atoms with Gasteiger partial charge in [-0.2, -0.15) is 5.10 Å². The van der Waals surface area contributed by atoms with Crippen molar-refractivity contribution in [2.45, 2.75) is 90.5 Å². The zero-order valence-electron chi connectivity index (χ0n) is 14.3. The zero-order chi connectivity index (χ0) is 17.5. The molecule has 1 aromatic heterocycles. The fourth-order valence-electron chi connectivity index (χ4n) is 2.90. The third-order valence-electron chi connectivity index (χ3n) is 4.41. The van der Waals surface area contributed by atoms with Crippen LogP contribution in [0.2, 0.25) is 0 Å². The summed E-state index contributed by atoms with van der Waals surface area (Å²) in [6.07, 6.45) is 6.54. The first-order valence-corrected chi connectivity index (χ1v) is 9.67. The normalized spacial score (nSPS) is 14.4. The molecule has 0 bridgehead atoms. The summed E-state index contributed by atoms with van der Waals surface area (Å²) in [6, 6.07) is 0. The van der Waals surface area contributed by atoms with Crippen molar-refractivity contribution in [3.63, 3.8) is 0 Å². The molecule has 1 heterocycles. The van der Waals surface area contributed by atoms with Crippen molar-refractivity contribution in [1.82, 2.24) is 9.78 Å². The molecule has 0 spiro atoms. The lowest BCUT2D eigenvalue weighted by atomic mass is 9.88. The summed E-state index contributed by atoms with van der Waals surface area (Å²) >= 11 is 1.80. The second-order valence-electron chi connectivity index (χ2n) is 6.47. The lowest BCUT2D eigenvalue weighted by Gasteiger charge is -2.31. The van der Waals surface area contributed by atoms with Gasteiger partial charge in [-0.15, -0.1) is 0 Å². The Hall–Kier alpha value is -0.270. The molecule has 0 amide bonds. The highest BCUT2D eigenvalue weighted by Crippen LogP contribution is 2.34. The van der Waals surface area contributed by atoms with E-state index in [-0.39, 0.29) is 3.70 Å². The predicted octanol–water partition coefficient (Wildman–Crippen LogP) is 6.83. The Bertz CT molecular complexity index is 477. The summed E-state index contributed by atoms with van der Waals surface area (Å²) < 4.78 is 41.6. The van der Waals surface area contributed by atoms with E-state index in [1.165, 1.54) is 23.9 Å². The minimum Gasteiger partial charge on any atom is -0.250 e. The van der Waals surface area contributed by atoms with Crippen LogP contribution in [0, 0.1) is 9.52 Å². The van der Waals surface area contributed by atoms with Gasteiger partial charge in [0.15, 0.2) is 11.5 Å². The second kappa shape index (κ2) is 9.89. The van der Waals surface area contributed by atoms with E-state index >= 15 is 0 Å². The molecular weight excluding hydrogens is 416 g/mol. The highest BCUT2D eigenvalue weighted by Gasteiger charge is 2.33. The van der Waals surface area contributed by atoms with E-state index < -0.39 is 23.5 Å². The maximum atomic E-state index is 14.0. The van der Waals surface area contributed by atoms with E-state index in [9.17, 15) is 13.2 Å². The van der Waals surface area contributed by atoms with Gasteiger partial charge < -0.3 is 0 Å². The average molecular weight is 444 g/mol. The third kappa shape index (κ3) is 5.64. The molecule has 0 aliphatic carbocycles. The maximum Gasteiger partial charge on any atom is 0.285 e. The Morgan fingerprint density at radius 3 is 2.13 bits per heavy atom. The molecule has 0 fully saturated rings. The lowest BCUT2D eigenvalue weighted by molar-refractivity contribution is 0.137. The van der Waals surface area contributed by atoms with Crippen molar-refractivity contribution in [2.24, 2.45) is 0 Å². The fraction of sp³-hybridized carbons (Fsp3) is 0.824. The molecule has 1 atom stereocenters. The number of hydrogen-bond donors (Lipinski definition) is 0. The van der Waals surface area contributed by atoms with Gasteiger partial charge in [0.1, 0.15) is 3.70 Å². The van der Waals surface area contributed by atoms with Crippen LogP contribution < -0.4 is 0 Å². The zero-order valence-corrected chi connectivity index (χ0v) is 16.5. The van der Waals surface area contributed by atoms with E-state index in [2.05, 4.69) is 18.9 Å². The summed E-state index contributed by atoms with van der Waals surface area (Å²) in [6.45, 7) is 6.29. The van der Waals surface area contributed by atoms with Crippen molar-refractivity contribution in [1.29, 1.82) is 0 Å². The van der Waals surface area contributed by atoms with Crippen LogP contribution in [0.15, 0.2) is 0 Å². The first-order valence-electron chi connectivity index (χ1n) is 8.60. The van der Waals surface area contributed by atoms with Crippen LogP contribution in [0.5, 0.6) is 0 Å². The van der Waals surface area contributed by atoms with E-state index in [4.69, 9.17) is 0 Å². The standard InChI is InChI=1S/C17H28F3IN2/c1-4-6-8-9-10-12-17(3,11-7-5-2)23-16(21)13(18)14(22-23)15(19)20/h15H,4-12H2,1-3H3. The van der Waals surface area contributed by atoms with Crippen LogP contribution in [-0.2, 0) is 5.54 Å². The summed E-state index contributed by atoms with van der Waals surface area (Å²) in [5.41, 5.74) is -1.12. The summed E-state index contributed by atoms with van der Waals surface area (Å²) in [5, 5.41) is 3.93. The molecule has 6 heteroatoms. The molecule has 1 aromatic rings. The minimum absolute atomic E-state index is 0.199. The Labute approximate surface area is 151 Å². The minimum atomic E-state index is -2.87. The van der Waals surface area contributed by atoms with Crippen molar-refractivity contribution >= 4 is 22.6 Å². The third-order valence-corrected chi connectivity index (χ3v) is 5.34. The van der Waals surface area contributed by atoms with Crippen molar-refractivity contribution < 1.29 is 13.2 Å². The summed E-state index contributed by atoms with van der Waals surface area (Å²) in [4.78, 5) is 0. The second-order valence-corrected chi connectivity index (χ2v) is 7.49. The Kier molecular flexibility index (Phi) is 8.93. The first kappa shape index (κ1) is 20.8. The number of aromatic nitrogens is 2. The molecule has 0 N–H and O–H groups in total. The van der Waals surface area contributed by atoms with Crippen LogP contribution in [-0.4, -0.2) is 9.78 Å². The molecule has 0 aliphatic heterocycles. The quantitative estimate of drug-likeness (QED) is 0.270. The summed E-state index contributed by atoms with van der Waals surface area (Å²) in [5.74, 6) is -0.866. The van der Waals surface area contributed by atoms with Crippen molar-refractivity contribution in [3.05, 3.63) is 15.2 Å². The molecule has 0 saturated heterocycles. The lowest BCUT2D eigenvalue weighted by Crippen LogP contribution is -2.32. The largest absolute Gasteiger partial charge is 0.285 e. The van der Waals surface area contributed by atoms with Crippen LogP contribution in [0.4, 0.5) is 13.2 Å². The SMILES string of the molecule is CCCCCCCC(C)(CCCC)n1nc(C(F)F)c(F)c1I. The van der Waals surface area contributed by atoms with Gasteiger partial charge in [-0.05, 0) is 42.4 Å². The molecule has 0 aromatic carbocycles. The predicted molar refractivity (Wildman–Crippen MR) is 96.4 cm³/mol. The van der Waals surface area contributed by atoms with Crippen LogP contribution in [0.1, 0.15) is 90.7 Å². The molecule has 0 aliphatic rings. The highest BCUT2D eigenvalue weighted by molar-refractivity contribution is 14.1. The molecule has 23 heavy (non-hydrogen) atoms. The van der Waals surface area contributed by atoms with Gasteiger partial charge >= 0.3 is 0 Å². The number of hydrogen-bond acceptors (Lipinski definition) is 1. The first-order chi connectivity index (χ1) is 10.9. The van der Waals surface area contributed by atoms with Gasteiger partial charge in [0.25, 0.3) is 6.43 Å². The average Bonchev–Trinajstić information content (AvgIpc) is 2.82. The Balaban J connectivity index is 2.93. The summed E-state index contributed by atoms with van der Waals surface area (Å²) in [7, 11) is 0. The van der Waals surface area contributed by atoms with E-state index in [1.807, 2.05) is 6.92 Å². The fourth-order valence-corrected chi connectivity index (χ4v) is 3.86. The molecule has 1 unspecified atom stereocenters. The number of alkyl halides is 2.